The van der Waals surface area contributed by atoms with Gasteiger partial charge in [-0.3, -0.25) is 9.59 Å². The maximum absolute atomic E-state index is 12.9. The summed E-state index contributed by atoms with van der Waals surface area (Å²) in [7, 11) is 5.94. The number of likely N-dealkylation sites (N-methyl/N-ethyl adjacent to an activating group) is 1. The number of ether oxygens (including phenoxy) is 4. The topological polar surface area (TPSA) is 111 Å². The average Bonchev–Trinajstić information content (AvgIpc) is 3.40. The fraction of sp³-hybridized carbons (Fsp3) is 0.956. The Balaban J connectivity index is 3.92. The molecule has 0 bridgehead atoms. The van der Waals surface area contributed by atoms with E-state index in [1.165, 1.54) is 295 Å². The molecular weight excluding hydrogens is 959 g/mol. The van der Waals surface area contributed by atoms with Crippen molar-refractivity contribution in [3.05, 3.63) is 0 Å². The molecule has 0 aliphatic heterocycles. The first-order valence-corrected chi connectivity index (χ1v) is 34.2. The van der Waals surface area contributed by atoms with Crippen LogP contribution in [0.1, 0.15) is 361 Å². The van der Waals surface area contributed by atoms with Crippen molar-refractivity contribution >= 4 is 17.9 Å². The summed E-state index contributed by atoms with van der Waals surface area (Å²) < 4.78 is 22.8. The van der Waals surface area contributed by atoms with Crippen molar-refractivity contribution in [2.75, 3.05) is 47.5 Å². The fourth-order valence-electron chi connectivity index (χ4n) is 10.6. The van der Waals surface area contributed by atoms with Gasteiger partial charge in [0.15, 0.2) is 12.4 Å². The summed E-state index contributed by atoms with van der Waals surface area (Å²) in [5, 5.41) is 11.8. The number of hydrogen-bond donors (Lipinski definition) is 0. The van der Waals surface area contributed by atoms with Crippen LogP contribution in [0.25, 0.3) is 0 Å². The molecule has 458 valence electrons. The third-order valence-electron chi connectivity index (χ3n) is 15.9. The summed E-state index contributed by atoms with van der Waals surface area (Å²) in [4.78, 5) is 37.3. The quantitative estimate of drug-likeness (QED) is 0.0256. The van der Waals surface area contributed by atoms with Gasteiger partial charge < -0.3 is 33.3 Å². The molecule has 2 atom stereocenters. The van der Waals surface area contributed by atoms with E-state index in [2.05, 4.69) is 13.8 Å². The van der Waals surface area contributed by atoms with Crippen molar-refractivity contribution in [3.63, 3.8) is 0 Å². The maximum Gasteiger partial charge on any atom is 0.306 e. The lowest BCUT2D eigenvalue weighted by atomic mass is 10.0. The summed E-state index contributed by atoms with van der Waals surface area (Å²) >= 11 is 0. The van der Waals surface area contributed by atoms with Gasteiger partial charge in [0.1, 0.15) is 13.2 Å². The van der Waals surface area contributed by atoms with E-state index in [1.807, 2.05) is 21.1 Å². The van der Waals surface area contributed by atoms with Crippen molar-refractivity contribution in [1.82, 2.24) is 0 Å². The highest BCUT2D eigenvalue weighted by Crippen LogP contribution is 2.19. The van der Waals surface area contributed by atoms with E-state index in [0.717, 1.165) is 38.5 Å². The number of nitrogens with zero attached hydrogens (tertiary/aromatic N) is 1. The molecule has 0 spiro atoms. The maximum atomic E-state index is 12.9. The highest BCUT2D eigenvalue weighted by atomic mass is 16.7. The van der Waals surface area contributed by atoms with Gasteiger partial charge >= 0.3 is 11.9 Å². The van der Waals surface area contributed by atoms with E-state index < -0.39 is 24.3 Å². The predicted octanol–water partition coefficient (Wildman–Crippen LogP) is 19.4. The van der Waals surface area contributed by atoms with Crippen LogP contribution in [-0.4, -0.2) is 82.3 Å². The molecule has 0 rings (SSSR count). The highest BCUT2D eigenvalue weighted by molar-refractivity contribution is 5.70. The Morgan fingerprint density at radius 2 is 0.584 bits per heavy atom. The molecule has 0 amide bonds. The number of carbonyl (C=O) groups excluding carboxylic acids is 3. The second-order valence-corrected chi connectivity index (χ2v) is 24.8. The van der Waals surface area contributed by atoms with Crippen LogP contribution in [-0.2, 0) is 33.3 Å². The zero-order chi connectivity index (χ0) is 56.2. The molecule has 0 heterocycles. The molecule has 0 aromatic rings. The molecule has 0 aromatic heterocycles. The zero-order valence-electron chi connectivity index (χ0n) is 52.4. The fourth-order valence-corrected chi connectivity index (χ4v) is 10.6. The van der Waals surface area contributed by atoms with Gasteiger partial charge in [0.2, 0.25) is 0 Å². The van der Waals surface area contributed by atoms with Crippen LogP contribution in [0.4, 0.5) is 0 Å². The van der Waals surface area contributed by atoms with E-state index in [-0.39, 0.29) is 32.2 Å². The minimum Gasteiger partial charge on any atom is -0.545 e. The van der Waals surface area contributed by atoms with Gasteiger partial charge in [0.25, 0.3) is 0 Å². The molecule has 9 heteroatoms. The Morgan fingerprint density at radius 1 is 0.338 bits per heavy atom. The number of aliphatic carboxylic acids is 1. The number of carbonyl (C=O) groups is 3. The molecule has 0 fully saturated rings. The lowest BCUT2D eigenvalue weighted by Gasteiger charge is -2.26. The lowest BCUT2D eigenvalue weighted by molar-refractivity contribution is -0.870. The minimum atomic E-state index is -1.61. The number of quaternary nitrogens is 1. The Labute approximate surface area is 479 Å². The smallest absolute Gasteiger partial charge is 0.306 e. The van der Waals surface area contributed by atoms with Gasteiger partial charge in [0, 0.05) is 12.8 Å². The van der Waals surface area contributed by atoms with E-state index in [4.69, 9.17) is 18.9 Å². The second kappa shape index (κ2) is 60.4. The normalized spacial score (nSPS) is 12.6. The van der Waals surface area contributed by atoms with E-state index >= 15 is 0 Å². The Morgan fingerprint density at radius 3 is 0.831 bits per heavy atom. The Kier molecular flexibility index (Phi) is 59.0. The minimum absolute atomic E-state index is 0.153. The third-order valence-corrected chi connectivity index (χ3v) is 15.9. The van der Waals surface area contributed by atoms with Crippen LogP contribution in [0, 0.1) is 0 Å². The Hall–Kier alpha value is -1.71. The van der Waals surface area contributed by atoms with Gasteiger partial charge in [-0.1, -0.05) is 335 Å². The van der Waals surface area contributed by atoms with Crippen LogP contribution in [0.5, 0.6) is 0 Å². The molecule has 0 saturated heterocycles. The summed E-state index contributed by atoms with van der Waals surface area (Å²) in [5.74, 6) is -2.25. The van der Waals surface area contributed by atoms with Gasteiger partial charge in [-0.15, -0.1) is 0 Å². The molecule has 77 heavy (non-hydrogen) atoms. The predicted molar refractivity (Wildman–Crippen MR) is 325 cm³/mol. The molecular formula is C68H133NO8. The summed E-state index contributed by atoms with van der Waals surface area (Å²) in [5.41, 5.74) is 0. The summed E-state index contributed by atoms with van der Waals surface area (Å²) in [6, 6.07) is 0. The molecule has 0 aliphatic rings. The first kappa shape index (κ1) is 75.3. The van der Waals surface area contributed by atoms with Crippen LogP contribution in [0.2, 0.25) is 0 Å². The van der Waals surface area contributed by atoms with Crippen LogP contribution < -0.4 is 5.11 Å². The van der Waals surface area contributed by atoms with Crippen molar-refractivity contribution in [2.45, 2.75) is 373 Å². The van der Waals surface area contributed by atoms with Crippen molar-refractivity contribution in [1.29, 1.82) is 0 Å². The van der Waals surface area contributed by atoms with Crippen molar-refractivity contribution < 1.29 is 42.9 Å². The van der Waals surface area contributed by atoms with Crippen LogP contribution in [0.3, 0.4) is 0 Å². The largest absolute Gasteiger partial charge is 0.545 e. The molecule has 9 nitrogen and oxygen atoms in total. The molecule has 2 unspecified atom stereocenters. The lowest BCUT2D eigenvalue weighted by Crippen LogP contribution is -2.44. The molecule has 0 saturated carbocycles. The number of esters is 2. The first-order chi connectivity index (χ1) is 37.6. The third kappa shape index (κ3) is 61.8. The summed E-state index contributed by atoms with van der Waals surface area (Å²) in [6.45, 7) is 4.82. The number of rotatable bonds is 65. The van der Waals surface area contributed by atoms with E-state index in [0.29, 0.717) is 17.4 Å². The van der Waals surface area contributed by atoms with Crippen molar-refractivity contribution in [3.8, 4) is 0 Å². The van der Waals surface area contributed by atoms with Gasteiger partial charge in [0.05, 0.1) is 40.3 Å². The van der Waals surface area contributed by atoms with E-state index in [9.17, 15) is 19.5 Å². The number of hydrogen-bond acceptors (Lipinski definition) is 8. The molecule has 0 radical (unpaired) electrons. The SMILES string of the molecule is CCCCCCCCCCCCCCCCCCCCCCCCCCCCCCCCCCCCCCCC(=O)OC(COC(=O)CCCCCCCCCCCCCCCCC)COC(OCC[N+](C)(C)C)C(=O)[O-]. The number of carboxylic acid groups (broad SMARTS) is 1. The van der Waals surface area contributed by atoms with Gasteiger partial charge in [-0.25, -0.2) is 0 Å². The average molecular weight is 1090 g/mol. The van der Waals surface area contributed by atoms with Gasteiger partial charge in [-0.05, 0) is 12.8 Å². The van der Waals surface area contributed by atoms with Crippen molar-refractivity contribution in [2.24, 2.45) is 0 Å². The Bertz CT molecular complexity index is 1220. The van der Waals surface area contributed by atoms with Crippen LogP contribution in [0.15, 0.2) is 0 Å². The zero-order valence-corrected chi connectivity index (χ0v) is 52.4. The number of carboxylic acids is 1. The highest BCUT2D eigenvalue weighted by Gasteiger charge is 2.22. The second-order valence-electron chi connectivity index (χ2n) is 24.8. The molecule has 0 N–H and O–H groups in total. The standard InChI is InChI=1S/C68H133NO8/c1-6-8-10-12-14-16-18-20-22-23-24-25-26-27-28-29-30-31-32-33-34-35-36-37-38-39-40-41-42-43-45-47-49-51-53-55-57-59-66(71)77-64(63-76-68(67(72)73)74-61-60-69(3,4)5)62-75-65(70)58-56-54-52-50-48-46-44-21-19-17-15-13-11-9-7-2/h64,68H,6-63H2,1-5H3. The van der Waals surface area contributed by atoms with E-state index in [1.54, 1.807) is 0 Å². The molecule has 0 aliphatic carbocycles. The van der Waals surface area contributed by atoms with Crippen LogP contribution >= 0.6 is 0 Å². The summed E-state index contributed by atoms with van der Waals surface area (Å²) in [6.07, 6.45) is 67.8. The number of unbranched alkanes of at least 4 members (excludes halogenated alkanes) is 50. The monoisotopic (exact) mass is 1090 g/mol. The first-order valence-electron chi connectivity index (χ1n) is 34.2. The van der Waals surface area contributed by atoms with Gasteiger partial charge in [-0.2, -0.15) is 0 Å². The molecule has 0 aromatic carbocycles.